The maximum absolute atomic E-state index is 13.6. The predicted molar refractivity (Wildman–Crippen MR) is 152 cm³/mol. The molecule has 0 saturated carbocycles. The number of benzene rings is 1. The Bertz CT molecular complexity index is 1350. The molecule has 0 spiro atoms. The van der Waals surface area contributed by atoms with Gasteiger partial charge in [0.1, 0.15) is 5.75 Å². The molecule has 4 atom stereocenters. The lowest BCUT2D eigenvalue weighted by Crippen LogP contribution is -2.41. The summed E-state index contributed by atoms with van der Waals surface area (Å²) in [6, 6.07) is 4.54. The molecule has 1 aromatic carbocycles. The smallest absolute Gasteiger partial charge is 0.416 e. The van der Waals surface area contributed by atoms with Gasteiger partial charge in [-0.15, -0.1) is 0 Å². The van der Waals surface area contributed by atoms with Gasteiger partial charge in [-0.3, -0.25) is 4.90 Å². The number of aliphatic hydroxyl groups excluding tert-OH is 1. The molecule has 1 aliphatic heterocycles. The van der Waals surface area contributed by atoms with Crippen molar-refractivity contribution >= 4 is 17.4 Å². The Hall–Kier alpha value is -3.03. The summed E-state index contributed by atoms with van der Waals surface area (Å²) in [6.07, 6.45) is -10.9. The van der Waals surface area contributed by atoms with Gasteiger partial charge in [0.15, 0.2) is 0 Å². The summed E-state index contributed by atoms with van der Waals surface area (Å²) >= 11 is 0. The highest BCUT2D eigenvalue weighted by molar-refractivity contribution is 5.88. The van der Waals surface area contributed by atoms with Crippen LogP contribution in [0.25, 0.3) is 5.57 Å². The normalized spacial score (nSPS) is 26.3. The number of carbonyl (C=O) groups is 1. The van der Waals surface area contributed by atoms with E-state index in [0.717, 1.165) is 29.2 Å². The Labute approximate surface area is 252 Å². The fraction of sp³-hybridized carbons (Fsp3) is 0.581. The lowest BCUT2D eigenvalue weighted by atomic mass is 9.72. The molecule has 1 amide bonds. The molecule has 3 aliphatic rings. The van der Waals surface area contributed by atoms with Crippen LogP contribution in [-0.2, 0) is 9.47 Å². The maximum atomic E-state index is 13.6. The number of nitrogens with zero attached hydrogens (tertiary/aromatic N) is 2. The van der Waals surface area contributed by atoms with Crippen LogP contribution in [0.5, 0.6) is 5.75 Å². The Morgan fingerprint density at radius 2 is 1.84 bits per heavy atom. The number of amides is 1. The second-order valence-corrected chi connectivity index (χ2v) is 12.3. The van der Waals surface area contributed by atoms with E-state index in [1.807, 2.05) is 6.07 Å². The molecule has 2 aliphatic carbocycles. The monoisotopic (exact) mass is 632 g/mol. The molecule has 4 unspecified atom stereocenters. The van der Waals surface area contributed by atoms with E-state index in [2.05, 4.69) is 13.8 Å². The molecule has 0 aromatic heterocycles. The predicted octanol–water partition coefficient (Wildman–Crippen LogP) is 7.22. The molecule has 1 N–H and O–H groups in total. The number of aliphatic hydroxyl groups is 1. The quantitative estimate of drug-likeness (QED) is 0.334. The lowest BCUT2D eigenvalue weighted by Gasteiger charge is -2.37. The zero-order chi connectivity index (χ0) is 32.8. The number of allylic oxidation sites excluding steroid dienone is 4. The number of hydrogen-bond donors (Lipinski definition) is 1. The average Bonchev–Trinajstić information content (AvgIpc) is 3.23. The number of hydrogen-bond acceptors (Lipinski definition) is 6. The molecule has 1 aromatic rings. The molecule has 1 saturated heterocycles. The van der Waals surface area contributed by atoms with Gasteiger partial charge in [0.25, 0.3) is 0 Å². The first-order chi connectivity index (χ1) is 20.4. The van der Waals surface area contributed by atoms with E-state index in [9.17, 15) is 36.2 Å². The molecule has 0 radical (unpaired) electrons. The zero-order valence-electron chi connectivity index (χ0n) is 25.5. The van der Waals surface area contributed by atoms with E-state index in [-0.39, 0.29) is 18.0 Å². The van der Waals surface area contributed by atoms with Crippen LogP contribution in [0.3, 0.4) is 0 Å². The molecule has 4 rings (SSSR count). The van der Waals surface area contributed by atoms with E-state index in [1.54, 1.807) is 31.0 Å². The fourth-order valence-corrected chi connectivity index (χ4v) is 6.32. The van der Waals surface area contributed by atoms with Gasteiger partial charge in [0, 0.05) is 42.4 Å². The highest BCUT2D eigenvalue weighted by atomic mass is 19.4. The molecule has 1 heterocycles. The number of methoxy groups -OCH3 is 2. The molecule has 13 heteroatoms. The van der Waals surface area contributed by atoms with Crippen molar-refractivity contribution in [3.8, 4) is 5.75 Å². The number of alkyl halides is 6. The molecule has 0 bridgehead atoms. The first-order valence-electron chi connectivity index (χ1n) is 14.2. The van der Waals surface area contributed by atoms with Crippen LogP contribution in [0.15, 0.2) is 47.1 Å². The van der Waals surface area contributed by atoms with Crippen molar-refractivity contribution in [2.75, 3.05) is 32.7 Å². The van der Waals surface area contributed by atoms with Crippen LogP contribution in [0.4, 0.5) is 36.8 Å². The third-order valence-electron chi connectivity index (χ3n) is 8.74. The minimum atomic E-state index is -4.97. The topological polar surface area (TPSA) is 71.5 Å². The van der Waals surface area contributed by atoms with Gasteiger partial charge in [-0.1, -0.05) is 25.5 Å². The second-order valence-electron chi connectivity index (χ2n) is 12.3. The molecule has 244 valence electrons. The van der Waals surface area contributed by atoms with Crippen molar-refractivity contribution < 1.29 is 50.5 Å². The summed E-state index contributed by atoms with van der Waals surface area (Å²) < 4.78 is 97.7. The summed E-state index contributed by atoms with van der Waals surface area (Å²) in [4.78, 5) is 15.1. The van der Waals surface area contributed by atoms with E-state index in [1.165, 1.54) is 19.1 Å². The minimum absolute atomic E-state index is 0.124. The third kappa shape index (κ3) is 7.10. The molecule has 44 heavy (non-hydrogen) atoms. The van der Waals surface area contributed by atoms with Crippen molar-refractivity contribution in [1.29, 1.82) is 0 Å². The number of halogens is 6. The van der Waals surface area contributed by atoms with Gasteiger partial charge >= 0.3 is 18.4 Å². The molecular weight excluding hydrogens is 594 g/mol. The lowest BCUT2D eigenvalue weighted by molar-refractivity contribution is -0.154. The van der Waals surface area contributed by atoms with E-state index < -0.39 is 60.5 Å². The maximum Gasteiger partial charge on any atom is 0.416 e. The van der Waals surface area contributed by atoms with Crippen LogP contribution in [0.1, 0.15) is 52.0 Å². The highest BCUT2D eigenvalue weighted by Crippen LogP contribution is 2.47. The van der Waals surface area contributed by atoms with Gasteiger partial charge < -0.3 is 19.3 Å². The summed E-state index contributed by atoms with van der Waals surface area (Å²) in [6.45, 7) is 5.99. The van der Waals surface area contributed by atoms with Gasteiger partial charge in [-0.05, 0) is 67.9 Å². The summed E-state index contributed by atoms with van der Waals surface area (Å²) in [5.74, 6) is -0.702. The minimum Gasteiger partial charge on any atom is -0.496 e. The Kier molecular flexibility index (Phi) is 9.54. The first kappa shape index (κ1) is 33.9. The first-order valence-corrected chi connectivity index (χ1v) is 14.2. The van der Waals surface area contributed by atoms with Crippen LogP contribution >= 0.6 is 0 Å². The van der Waals surface area contributed by atoms with Crippen LogP contribution in [-0.4, -0.2) is 74.8 Å². The molecule has 7 nitrogen and oxygen atoms in total. The van der Waals surface area contributed by atoms with Gasteiger partial charge in [0.05, 0.1) is 25.9 Å². The summed E-state index contributed by atoms with van der Waals surface area (Å²) in [5, 5.41) is 11.0. The van der Waals surface area contributed by atoms with Gasteiger partial charge in [0.2, 0.25) is 6.41 Å². The second kappa shape index (κ2) is 12.4. The van der Waals surface area contributed by atoms with E-state index in [4.69, 9.17) is 14.2 Å². The van der Waals surface area contributed by atoms with Gasteiger partial charge in [-0.25, -0.2) is 9.69 Å². The number of anilines is 1. The van der Waals surface area contributed by atoms with Crippen LogP contribution < -0.4 is 9.64 Å². The summed E-state index contributed by atoms with van der Waals surface area (Å²) in [5.41, 5.74) is 0.329. The third-order valence-corrected chi connectivity index (χ3v) is 8.74. The van der Waals surface area contributed by atoms with E-state index >= 15 is 0 Å². The number of carbonyl (C=O) groups excluding carboxylic acids is 1. The standard InChI is InChI=1S/C31H38F6N2O5/c1-17-26(18-11-20(30(32,33)34)13-21(12-18)31(35,36)37)44-28(41)39(17)16-19-15-29(2,3)10-9-23(19)24-14-22(7-8-25(24)42-5)38(4)27(40)43-6/h7-8,11,13-14,17-18,26,28,41H,9-10,12,15-16H2,1-6H3. The summed E-state index contributed by atoms with van der Waals surface area (Å²) in [7, 11) is 4.37. The largest absolute Gasteiger partial charge is 0.496 e. The number of rotatable bonds is 6. The van der Waals surface area contributed by atoms with Crippen molar-refractivity contribution in [3.63, 3.8) is 0 Å². The van der Waals surface area contributed by atoms with E-state index in [0.29, 0.717) is 24.3 Å². The Morgan fingerprint density at radius 1 is 1.16 bits per heavy atom. The fourth-order valence-electron chi connectivity index (χ4n) is 6.32. The van der Waals surface area contributed by atoms with Gasteiger partial charge in [-0.2, -0.15) is 26.3 Å². The zero-order valence-corrected chi connectivity index (χ0v) is 25.5. The molecule has 1 fully saturated rings. The Balaban J connectivity index is 1.70. The van der Waals surface area contributed by atoms with Crippen molar-refractivity contribution in [2.24, 2.45) is 11.3 Å². The van der Waals surface area contributed by atoms with Crippen molar-refractivity contribution in [3.05, 3.63) is 52.6 Å². The average molecular weight is 633 g/mol. The Morgan fingerprint density at radius 3 is 2.43 bits per heavy atom. The van der Waals surface area contributed by atoms with Crippen LogP contribution in [0, 0.1) is 11.3 Å². The number of ether oxygens (including phenoxy) is 3. The van der Waals surface area contributed by atoms with Crippen LogP contribution in [0.2, 0.25) is 0 Å². The highest BCUT2D eigenvalue weighted by Gasteiger charge is 2.48. The van der Waals surface area contributed by atoms with Crippen molar-refractivity contribution in [2.45, 2.75) is 77.4 Å². The SMILES string of the molecule is COC(=O)N(C)c1ccc(OC)c(C2=C(CN3C(O)OC(C4C=C(C(F)(F)F)C=C(C(F)(F)F)C4)C3C)CC(C)(C)CC2)c1. The van der Waals surface area contributed by atoms with Crippen molar-refractivity contribution in [1.82, 2.24) is 4.90 Å². The molecular formula is C31H38F6N2O5.